The van der Waals surface area contributed by atoms with Gasteiger partial charge in [-0.05, 0) is 41.8 Å². The maximum absolute atomic E-state index is 10.9. The lowest BCUT2D eigenvalue weighted by Crippen LogP contribution is -1.99. The van der Waals surface area contributed by atoms with Crippen molar-refractivity contribution in [3.8, 4) is 57.1 Å². The van der Waals surface area contributed by atoms with Gasteiger partial charge in [0.15, 0.2) is 23.0 Å². The highest BCUT2D eigenvalue weighted by Crippen LogP contribution is 2.55. The van der Waals surface area contributed by atoms with Crippen LogP contribution in [0.3, 0.4) is 0 Å². The number of fused-ring (bicyclic) bond motifs is 11. The average molecular weight is 685 g/mol. The zero-order chi connectivity index (χ0) is 34.5. The molecule has 9 nitrogen and oxygen atoms in total. The Labute approximate surface area is 291 Å². The second-order valence-electron chi connectivity index (χ2n) is 12.4. The molecule has 0 fully saturated rings. The fraction of sp³-hybridized carbons (Fsp3) is 0. The molecule has 0 unspecified atom stereocenters. The number of aromatic hydroxyl groups is 5. The number of nitrogens with zero attached hydrogens (tertiary/aromatic N) is 4. The molecule has 4 heterocycles. The van der Waals surface area contributed by atoms with Gasteiger partial charge in [0.25, 0.3) is 0 Å². The van der Waals surface area contributed by atoms with E-state index in [4.69, 9.17) is 9.97 Å². The van der Waals surface area contributed by atoms with E-state index in [0.29, 0.717) is 10.9 Å². The summed E-state index contributed by atoms with van der Waals surface area (Å²) >= 11 is 1.80. The van der Waals surface area contributed by atoms with E-state index in [0.717, 1.165) is 27.5 Å². The molecule has 244 valence electrons. The zero-order valence-electron chi connectivity index (χ0n) is 26.4. The first kappa shape index (κ1) is 29.0. The van der Waals surface area contributed by atoms with Crippen molar-refractivity contribution in [3.63, 3.8) is 0 Å². The molecule has 0 spiro atoms. The minimum Gasteiger partial charge on any atom is -0.504 e. The van der Waals surface area contributed by atoms with Crippen LogP contribution in [0.5, 0.6) is 28.7 Å². The molecule has 51 heavy (non-hydrogen) atoms. The van der Waals surface area contributed by atoms with E-state index >= 15 is 0 Å². The SMILES string of the molecule is Oc1c(O)c(O)c(-c2nc(-c3cccc(-n4c5ccccc5c5c6sc7ccccc7c6c6ccccc6c54)c3)nc3ncccc23)c(O)c1O. The highest BCUT2D eigenvalue weighted by molar-refractivity contribution is 7.27. The molecule has 0 aliphatic carbocycles. The largest absolute Gasteiger partial charge is 0.504 e. The first-order valence-electron chi connectivity index (χ1n) is 16.1. The molecule has 0 aliphatic heterocycles. The third-order valence-electron chi connectivity index (χ3n) is 9.59. The summed E-state index contributed by atoms with van der Waals surface area (Å²) in [7, 11) is 0. The van der Waals surface area contributed by atoms with E-state index in [2.05, 4.69) is 76.3 Å². The van der Waals surface area contributed by atoms with Gasteiger partial charge in [-0.3, -0.25) is 0 Å². The Morgan fingerprint density at radius 3 is 2.02 bits per heavy atom. The molecule has 0 saturated heterocycles. The third kappa shape index (κ3) is 3.99. The van der Waals surface area contributed by atoms with Crippen molar-refractivity contribution < 1.29 is 25.5 Å². The van der Waals surface area contributed by atoms with Crippen LogP contribution in [0.1, 0.15) is 0 Å². The lowest BCUT2D eigenvalue weighted by molar-refractivity contribution is 0.330. The molecule has 5 N–H and O–H groups in total. The molecule has 0 saturated carbocycles. The summed E-state index contributed by atoms with van der Waals surface area (Å²) in [5, 5.41) is 60.0. The van der Waals surface area contributed by atoms with Crippen LogP contribution in [0.4, 0.5) is 0 Å². The van der Waals surface area contributed by atoms with E-state index in [9.17, 15) is 25.5 Å². The summed E-state index contributed by atoms with van der Waals surface area (Å²) in [6.07, 6.45) is 1.56. The molecule has 0 radical (unpaired) electrons. The van der Waals surface area contributed by atoms with Gasteiger partial charge in [-0.25, -0.2) is 15.0 Å². The summed E-state index contributed by atoms with van der Waals surface area (Å²) in [6, 6.07) is 36.6. The van der Waals surface area contributed by atoms with Gasteiger partial charge < -0.3 is 30.1 Å². The zero-order valence-corrected chi connectivity index (χ0v) is 27.2. The summed E-state index contributed by atoms with van der Waals surface area (Å²) in [5.74, 6) is -4.52. The number of phenolic OH excluding ortho intramolecular Hbond substituents is 5. The Bertz CT molecular complexity index is 3080. The predicted molar refractivity (Wildman–Crippen MR) is 201 cm³/mol. The van der Waals surface area contributed by atoms with Crippen molar-refractivity contribution in [2.75, 3.05) is 0 Å². The van der Waals surface area contributed by atoms with Gasteiger partial charge in [-0.15, -0.1) is 11.3 Å². The van der Waals surface area contributed by atoms with Crippen molar-refractivity contribution >= 4 is 75.1 Å². The second-order valence-corrected chi connectivity index (χ2v) is 13.4. The predicted octanol–water partition coefficient (Wildman–Crippen LogP) is 9.50. The Kier molecular flexibility index (Phi) is 6.00. The second kappa shape index (κ2) is 10.5. The van der Waals surface area contributed by atoms with Crippen LogP contribution in [0.15, 0.2) is 115 Å². The normalized spacial score (nSPS) is 11.9. The Morgan fingerprint density at radius 1 is 0.549 bits per heavy atom. The topological polar surface area (TPSA) is 145 Å². The first-order chi connectivity index (χ1) is 24.9. The average Bonchev–Trinajstić information content (AvgIpc) is 3.73. The van der Waals surface area contributed by atoms with Crippen LogP contribution in [0.25, 0.3) is 92.1 Å². The number of rotatable bonds is 3. The first-order valence-corrected chi connectivity index (χ1v) is 16.9. The summed E-state index contributed by atoms with van der Waals surface area (Å²) in [4.78, 5) is 13.9. The van der Waals surface area contributed by atoms with Gasteiger partial charge in [0.2, 0.25) is 17.2 Å². The quantitative estimate of drug-likeness (QED) is 0.0914. The van der Waals surface area contributed by atoms with E-state index in [1.807, 2.05) is 30.3 Å². The van der Waals surface area contributed by atoms with Crippen molar-refractivity contribution in [2.45, 2.75) is 0 Å². The molecule has 0 bridgehead atoms. The smallest absolute Gasteiger partial charge is 0.208 e. The molecular formula is C41H24N4O5S. The van der Waals surface area contributed by atoms with Gasteiger partial charge in [-0.2, -0.15) is 0 Å². The fourth-order valence-electron chi connectivity index (χ4n) is 7.37. The fourth-order valence-corrected chi connectivity index (χ4v) is 8.64. The van der Waals surface area contributed by atoms with Crippen molar-refractivity contribution in [1.29, 1.82) is 0 Å². The van der Waals surface area contributed by atoms with E-state index < -0.39 is 28.7 Å². The third-order valence-corrected chi connectivity index (χ3v) is 10.8. The van der Waals surface area contributed by atoms with Gasteiger partial charge in [0, 0.05) is 59.2 Å². The number of phenols is 5. The number of hydrogen-bond donors (Lipinski definition) is 5. The molecule has 6 aromatic carbocycles. The Hall–Kier alpha value is -6.91. The van der Waals surface area contributed by atoms with Crippen LogP contribution in [0, 0.1) is 0 Å². The van der Waals surface area contributed by atoms with Crippen LogP contribution in [-0.4, -0.2) is 45.1 Å². The van der Waals surface area contributed by atoms with Crippen molar-refractivity contribution in [3.05, 3.63) is 115 Å². The van der Waals surface area contributed by atoms with Gasteiger partial charge in [-0.1, -0.05) is 72.8 Å². The van der Waals surface area contributed by atoms with Crippen LogP contribution >= 0.6 is 11.3 Å². The number of benzene rings is 6. The molecule has 0 aliphatic rings. The van der Waals surface area contributed by atoms with Gasteiger partial charge in [0.05, 0.1) is 22.3 Å². The van der Waals surface area contributed by atoms with Crippen LogP contribution < -0.4 is 0 Å². The Balaban J connectivity index is 1.28. The van der Waals surface area contributed by atoms with E-state index in [1.165, 1.54) is 30.9 Å². The standard InChI is InChI=1S/C41H24N4O5S/c46-34-31(35(47)37(49)38(50)36(34)48)32-26-15-8-18-42-41(26)44-40(43-32)20-9-7-10-21(19-20)45-27-16-5-3-13-24(27)30-33(45)23-12-2-1-11-22(23)29-25-14-4-6-17-28(25)51-39(29)30/h1-19,46-50H. The van der Waals surface area contributed by atoms with Gasteiger partial charge >= 0.3 is 0 Å². The number of para-hydroxylation sites is 1. The molecular weight excluding hydrogens is 661 g/mol. The maximum Gasteiger partial charge on any atom is 0.208 e. The van der Waals surface area contributed by atoms with Gasteiger partial charge in [0.1, 0.15) is 0 Å². The van der Waals surface area contributed by atoms with E-state index in [1.54, 1.807) is 29.7 Å². The summed E-state index contributed by atoms with van der Waals surface area (Å²) in [6.45, 7) is 0. The van der Waals surface area contributed by atoms with Crippen LogP contribution in [0.2, 0.25) is 0 Å². The number of thiophene rings is 1. The highest BCUT2D eigenvalue weighted by atomic mass is 32.1. The molecule has 0 atom stereocenters. The Morgan fingerprint density at radius 2 is 1.22 bits per heavy atom. The highest BCUT2D eigenvalue weighted by Gasteiger charge is 2.28. The molecule has 10 aromatic rings. The van der Waals surface area contributed by atoms with E-state index in [-0.39, 0.29) is 22.7 Å². The molecule has 10 heteroatoms. The van der Waals surface area contributed by atoms with Crippen LogP contribution in [-0.2, 0) is 0 Å². The summed E-state index contributed by atoms with van der Waals surface area (Å²) < 4.78 is 4.73. The number of hydrogen-bond acceptors (Lipinski definition) is 9. The molecule has 10 rings (SSSR count). The monoisotopic (exact) mass is 684 g/mol. The minimum absolute atomic E-state index is 0.00381. The molecule has 4 aromatic heterocycles. The van der Waals surface area contributed by atoms with Crippen molar-refractivity contribution in [2.24, 2.45) is 0 Å². The number of aromatic nitrogens is 4. The lowest BCUT2D eigenvalue weighted by atomic mass is 9.99. The lowest BCUT2D eigenvalue weighted by Gasteiger charge is -2.15. The molecule has 0 amide bonds. The number of pyridine rings is 1. The summed E-state index contributed by atoms with van der Waals surface area (Å²) in [5.41, 5.74) is 3.47. The van der Waals surface area contributed by atoms with Crippen molar-refractivity contribution in [1.82, 2.24) is 19.5 Å². The maximum atomic E-state index is 10.9. The minimum atomic E-state index is -1.05.